The number of amides is 1. The molecule has 140 valence electrons. The van der Waals surface area contributed by atoms with Gasteiger partial charge in [-0.3, -0.25) is 9.59 Å². The second kappa shape index (κ2) is 8.81. The first kappa shape index (κ1) is 19.1. The van der Waals surface area contributed by atoms with Crippen LogP contribution < -0.4 is 5.32 Å². The van der Waals surface area contributed by atoms with E-state index in [0.717, 1.165) is 15.6 Å². The Morgan fingerprint density at radius 3 is 2.59 bits per heavy atom. The van der Waals surface area contributed by atoms with Gasteiger partial charge < -0.3 is 14.9 Å². The maximum Gasteiger partial charge on any atom is 0.307 e. The third-order valence-corrected chi connectivity index (χ3v) is 4.81. The van der Waals surface area contributed by atoms with E-state index in [1.54, 1.807) is 0 Å². The van der Waals surface area contributed by atoms with E-state index in [4.69, 9.17) is 9.57 Å². The number of nitrogens with zero attached hydrogens (tertiary/aromatic N) is 1. The van der Waals surface area contributed by atoms with Gasteiger partial charge in [0.1, 0.15) is 5.71 Å². The van der Waals surface area contributed by atoms with E-state index in [-0.39, 0.29) is 18.4 Å². The van der Waals surface area contributed by atoms with Gasteiger partial charge in [-0.05, 0) is 23.3 Å². The van der Waals surface area contributed by atoms with Crippen molar-refractivity contribution in [3.05, 3.63) is 70.2 Å². The molecule has 0 aromatic heterocycles. The van der Waals surface area contributed by atoms with Gasteiger partial charge in [0.05, 0.1) is 19.6 Å². The standard InChI is InChI=1S/C20H19BrN2O4/c1-26-19(24)12-16(13-7-9-15(21)10-8-13)22-20(25)17-11-18(27-23-17)14-5-3-2-4-6-14/h2-10,16,18H,11-12H2,1H3,(H,22,25). The van der Waals surface area contributed by atoms with Crippen LogP contribution in [0.2, 0.25) is 0 Å². The molecular formula is C20H19BrN2O4. The first-order valence-corrected chi connectivity index (χ1v) is 9.27. The zero-order valence-corrected chi connectivity index (χ0v) is 16.3. The highest BCUT2D eigenvalue weighted by Crippen LogP contribution is 2.27. The highest BCUT2D eigenvalue weighted by atomic mass is 79.9. The molecule has 27 heavy (non-hydrogen) atoms. The SMILES string of the molecule is COC(=O)CC(NC(=O)C1=NOC(c2ccccc2)C1)c1ccc(Br)cc1. The van der Waals surface area contributed by atoms with Gasteiger partial charge >= 0.3 is 5.97 Å². The normalized spacial score (nSPS) is 16.8. The Labute approximate surface area is 165 Å². The van der Waals surface area contributed by atoms with Crippen LogP contribution in [0.15, 0.2) is 64.2 Å². The lowest BCUT2D eigenvalue weighted by molar-refractivity contribution is -0.141. The number of methoxy groups -OCH3 is 1. The highest BCUT2D eigenvalue weighted by Gasteiger charge is 2.29. The van der Waals surface area contributed by atoms with Gasteiger partial charge in [-0.1, -0.05) is 63.6 Å². The first-order valence-electron chi connectivity index (χ1n) is 8.47. The summed E-state index contributed by atoms with van der Waals surface area (Å²) >= 11 is 3.38. The fourth-order valence-electron chi connectivity index (χ4n) is 2.80. The Balaban J connectivity index is 1.69. The number of oxime groups is 1. The number of rotatable bonds is 6. The molecule has 1 N–H and O–H groups in total. The minimum atomic E-state index is -0.517. The molecule has 6 nitrogen and oxygen atoms in total. The van der Waals surface area contributed by atoms with Crippen molar-refractivity contribution in [1.82, 2.24) is 5.32 Å². The molecule has 1 aliphatic rings. The van der Waals surface area contributed by atoms with Crippen molar-refractivity contribution < 1.29 is 19.2 Å². The molecule has 0 saturated heterocycles. The molecule has 2 aromatic carbocycles. The van der Waals surface area contributed by atoms with Crippen molar-refractivity contribution in [1.29, 1.82) is 0 Å². The van der Waals surface area contributed by atoms with Crippen molar-refractivity contribution in [2.24, 2.45) is 5.16 Å². The Hall–Kier alpha value is -2.67. The molecule has 0 bridgehead atoms. The molecule has 2 atom stereocenters. The van der Waals surface area contributed by atoms with E-state index in [2.05, 4.69) is 26.4 Å². The summed E-state index contributed by atoms with van der Waals surface area (Å²) in [5.41, 5.74) is 2.06. The molecule has 3 rings (SSSR count). The lowest BCUT2D eigenvalue weighted by Gasteiger charge is -2.18. The maximum atomic E-state index is 12.7. The second-order valence-corrected chi connectivity index (χ2v) is 7.02. The highest BCUT2D eigenvalue weighted by molar-refractivity contribution is 9.10. The number of benzene rings is 2. The predicted octanol–water partition coefficient (Wildman–Crippen LogP) is 3.69. The van der Waals surface area contributed by atoms with E-state index in [1.165, 1.54) is 7.11 Å². The summed E-state index contributed by atoms with van der Waals surface area (Å²) in [6, 6.07) is 16.5. The Morgan fingerprint density at radius 1 is 1.22 bits per heavy atom. The number of carbonyl (C=O) groups excluding carboxylic acids is 2. The van der Waals surface area contributed by atoms with Crippen LogP contribution in [0.5, 0.6) is 0 Å². The van der Waals surface area contributed by atoms with Crippen molar-refractivity contribution in [3.8, 4) is 0 Å². The fourth-order valence-corrected chi connectivity index (χ4v) is 3.06. The summed E-state index contributed by atoms with van der Waals surface area (Å²) < 4.78 is 5.66. The number of ether oxygens (including phenoxy) is 1. The predicted molar refractivity (Wildman–Crippen MR) is 104 cm³/mol. The quantitative estimate of drug-likeness (QED) is 0.708. The minimum absolute atomic E-state index is 0.0279. The van der Waals surface area contributed by atoms with Crippen LogP contribution in [-0.4, -0.2) is 24.7 Å². The van der Waals surface area contributed by atoms with Crippen molar-refractivity contribution >= 4 is 33.5 Å². The Bertz CT molecular complexity index is 837. The van der Waals surface area contributed by atoms with Gasteiger partial charge in [0.25, 0.3) is 5.91 Å². The number of hydrogen-bond acceptors (Lipinski definition) is 5. The largest absolute Gasteiger partial charge is 0.469 e. The molecule has 0 spiro atoms. The van der Waals surface area contributed by atoms with Crippen LogP contribution in [0.4, 0.5) is 0 Å². The van der Waals surface area contributed by atoms with E-state index in [0.29, 0.717) is 12.1 Å². The topological polar surface area (TPSA) is 77.0 Å². The molecule has 7 heteroatoms. The van der Waals surface area contributed by atoms with Gasteiger partial charge in [-0.25, -0.2) is 0 Å². The van der Waals surface area contributed by atoms with Crippen molar-refractivity contribution in [3.63, 3.8) is 0 Å². The number of esters is 1. The zero-order valence-electron chi connectivity index (χ0n) is 14.7. The van der Waals surface area contributed by atoms with E-state index in [9.17, 15) is 9.59 Å². The molecule has 2 aromatic rings. The van der Waals surface area contributed by atoms with Gasteiger partial charge in [-0.15, -0.1) is 0 Å². The zero-order chi connectivity index (χ0) is 19.2. The lowest BCUT2D eigenvalue weighted by Crippen LogP contribution is -2.35. The molecule has 1 aliphatic heterocycles. The third kappa shape index (κ3) is 4.95. The summed E-state index contributed by atoms with van der Waals surface area (Å²) in [6.45, 7) is 0. The lowest BCUT2D eigenvalue weighted by atomic mass is 10.0. The molecule has 2 unspecified atom stereocenters. The smallest absolute Gasteiger partial charge is 0.307 e. The van der Waals surface area contributed by atoms with E-state index >= 15 is 0 Å². The molecule has 1 amide bonds. The summed E-state index contributed by atoms with van der Waals surface area (Å²) in [5, 5.41) is 6.80. The molecule has 0 aliphatic carbocycles. The Kier molecular flexibility index (Phi) is 6.24. The van der Waals surface area contributed by atoms with Crippen LogP contribution in [0, 0.1) is 0 Å². The van der Waals surface area contributed by atoms with Gasteiger partial charge in [0.2, 0.25) is 0 Å². The average molecular weight is 431 g/mol. The average Bonchev–Trinajstić information content (AvgIpc) is 3.19. The van der Waals surface area contributed by atoms with Gasteiger partial charge in [0.15, 0.2) is 6.10 Å². The number of nitrogens with one attached hydrogen (secondary N) is 1. The molecule has 0 radical (unpaired) electrons. The maximum absolute atomic E-state index is 12.7. The number of carbonyl (C=O) groups is 2. The first-order chi connectivity index (χ1) is 13.1. The molecule has 1 heterocycles. The van der Waals surface area contributed by atoms with E-state index in [1.807, 2.05) is 54.6 Å². The van der Waals surface area contributed by atoms with Crippen LogP contribution in [0.3, 0.4) is 0 Å². The summed E-state index contributed by atoms with van der Waals surface area (Å²) in [4.78, 5) is 29.8. The van der Waals surface area contributed by atoms with E-state index < -0.39 is 12.0 Å². The Morgan fingerprint density at radius 2 is 1.93 bits per heavy atom. The van der Waals surface area contributed by atoms with Crippen molar-refractivity contribution in [2.45, 2.75) is 25.0 Å². The number of halogens is 1. The second-order valence-electron chi connectivity index (χ2n) is 6.10. The molecule has 0 saturated carbocycles. The number of hydrogen-bond donors (Lipinski definition) is 1. The van der Waals surface area contributed by atoms with Crippen LogP contribution >= 0.6 is 15.9 Å². The van der Waals surface area contributed by atoms with Crippen LogP contribution in [-0.2, 0) is 19.2 Å². The summed E-state index contributed by atoms with van der Waals surface area (Å²) in [5.74, 6) is -0.764. The third-order valence-electron chi connectivity index (χ3n) is 4.28. The molecular weight excluding hydrogens is 412 g/mol. The van der Waals surface area contributed by atoms with Crippen molar-refractivity contribution in [2.75, 3.05) is 7.11 Å². The fraction of sp³-hybridized carbons (Fsp3) is 0.250. The summed E-state index contributed by atoms with van der Waals surface area (Å²) in [6.07, 6.45) is 0.125. The summed E-state index contributed by atoms with van der Waals surface area (Å²) in [7, 11) is 1.32. The minimum Gasteiger partial charge on any atom is -0.469 e. The van der Waals surface area contributed by atoms with Crippen LogP contribution in [0.1, 0.15) is 36.1 Å². The van der Waals surface area contributed by atoms with Crippen LogP contribution in [0.25, 0.3) is 0 Å². The molecule has 0 fully saturated rings. The monoisotopic (exact) mass is 430 g/mol. The van der Waals surface area contributed by atoms with Gasteiger partial charge in [0, 0.05) is 10.9 Å². The van der Waals surface area contributed by atoms with Gasteiger partial charge in [-0.2, -0.15) is 0 Å².